The summed E-state index contributed by atoms with van der Waals surface area (Å²) in [6, 6.07) is 1.98. The Bertz CT molecular complexity index is 477. The second-order valence-corrected chi connectivity index (χ2v) is 4.10. The van der Waals surface area contributed by atoms with Gasteiger partial charge in [-0.1, -0.05) is 5.21 Å². The van der Waals surface area contributed by atoms with Gasteiger partial charge in [0.2, 0.25) is 0 Å². The van der Waals surface area contributed by atoms with Gasteiger partial charge in [0.1, 0.15) is 0 Å². The Morgan fingerprint density at radius 1 is 1.39 bits per heavy atom. The van der Waals surface area contributed by atoms with Crippen LogP contribution in [0.1, 0.15) is 17.8 Å². The van der Waals surface area contributed by atoms with Gasteiger partial charge in [-0.2, -0.15) is 5.10 Å². The molecule has 0 unspecified atom stereocenters. The van der Waals surface area contributed by atoms with Crippen LogP contribution in [-0.4, -0.2) is 36.5 Å². The molecule has 0 amide bonds. The third kappa shape index (κ3) is 3.38. The standard InChI is InChI=1S/C11H18N6O/c1-16-11(3-4-13-16)8-12-7-10-9-17(15-14-10)5-2-6-18/h3-4,9,12,18H,2,5-8H2,1H3. The Balaban J connectivity index is 1.76. The van der Waals surface area contributed by atoms with E-state index in [1.165, 1.54) is 0 Å². The number of hydrogen-bond donors (Lipinski definition) is 2. The summed E-state index contributed by atoms with van der Waals surface area (Å²) in [6.45, 7) is 2.30. The maximum Gasteiger partial charge on any atom is 0.0964 e. The Kier molecular flexibility index (Phi) is 4.43. The van der Waals surface area contributed by atoms with Crippen LogP contribution in [-0.2, 0) is 26.7 Å². The summed E-state index contributed by atoms with van der Waals surface area (Å²) < 4.78 is 3.59. The molecule has 0 fully saturated rings. The van der Waals surface area contributed by atoms with Crippen LogP contribution in [0.2, 0.25) is 0 Å². The van der Waals surface area contributed by atoms with E-state index in [-0.39, 0.29) is 6.61 Å². The summed E-state index contributed by atoms with van der Waals surface area (Å²) >= 11 is 0. The number of aromatic nitrogens is 5. The van der Waals surface area contributed by atoms with Crippen molar-refractivity contribution in [1.29, 1.82) is 0 Å². The summed E-state index contributed by atoms with van der Waals surface area (Å²) in [7, 11) is 1.92. The number of nitrogens with one attached hydrogen (secondary N) is 1. The van der Waals surface area contributed by atoms with Crippen molar-refractivity contribution in [2.45, 2.75) is 26.1 Å². The largest absolute Gasteiger partial charge is 0.396 e. The molecule has 0 aromatic carbocycles. The van der Waals surface area contributed by atoms with Gasteiger partial charge in [0, 0.05) is 45.7 Å². The lowest BCUT2D eigenvalue weighted by Crippen LogP contribution is -2.15. The van der Waals surface area contributed by atoms with Gasteiger partial charge >= 0.3 is 0 Å². The highest BCUT2D eigenvalue weighted by molar-refractivity contribution is 5.00. The maximum absolute atomic E-state index is 8.73. The number of nitrogens with zero attached hydrogens (tertiary/aromatic N) is 5. The lowest BCUT2D eigenvalue weighted by Gasteiger charge is -2.02. The summed E-state index contributed by atoms with van der Waals surface area (Å²) in [5.74, 6) is 0. The third-order valence-electron chi connectivity index (χ3n) is 2.67. The highest BCUT2D eigenvalue weighted by Crippen LogP contribution is 1.98. The molecular weight excluding hydrogens is 232 g/mol. The van der Waals surface area contributed by atoms with Crippen molar-refractivity contribution in [1.82, 2.24) is 30.1 Å². The summed E-state index contributed by atoms with van der Waals surface area (Å²) in [6.07, 6.45) is 4.37. The maximum atomic E-state index is 8.73. The average Bonchev–Trinajstić information content (AvgIpc) is 2.97. The molecule has 2 heterocycles. The Morgan fingerprint density at radius 3 is 3.00 bits per heavy atom. The lowest BCUT2D eigenvalue weighted by atomic mass is 10.4. The monoisotopic (exact) mass is 250 g/mol. The van der Waals surface area contributed by atoms with Crippen molar-refractivity contribution in [3.8, 4) is 0 Å². The molecule has 0 radical (unpaired) electrons. The Labute approximate surface area is 105 Å². The third-order valence-corrected chi connectivity index (χ3v) is 2.67. The first-order chi connectivity index (χ1) is 8.79. The highest BCUT2D eigenvalue weighted by Gasteiger charge is 2.02. The van der Waals surface area contributed by atoms with Crippen molar-refractivity contribution in [3.05, 3.63) is 29.8 Å². The van der Waals surface area contributed by atoms with Crippen molar-refractivity contribution >= 4 is 0 Å². The van der Waals surface area contributed by atoms with E-state index in [0.29, 0.717) is 19.5 Å². The molecule has 0 aliphatic rings. The van der Waals surface area contributed by atoms with Crippen LogP contribution in [0.15, 0.2) is 18.5 Å². The van der Waals surface area contributed by atoms with E-state index >= 15 is 0 Å². The van der Waals surface area contributed by atoms with Gasteiger partial charge in [-0.05, 0) is 12.5 Å². The Hall–Kier alpha value is -1.73. The van der Waals surface area contributed by atoms with Crippen molar-refractivity contribution < 1.29 is 5.11 Å². The normalized spacial score (nSPS) is 11.0. The quantitative estimate of drug-likeness (QED) is 0.704. The molecule has 0 bridgehead atoms. The van der Waals surface area contributed by atoms with Crippen LogP contribution >= 0.6 is 0 Å². The number of aliphatic hydroxyl groups is 1. The molecule has 0 spiro atoms. The van der Waals surface area contributed by atoms with Gasteiger partial charge in [0.15, 0.2) is 0 Å². The van der Waals surface area contributed by atoms with Gasteiger partial charge < -0.3 is 10.4 Å². The zero-order valence-corrected chi connectivity index (χ0v) is 10.5. The minimum atomic E-state index is 0.175. The number of hydrogen-bond acceptors (Lipinski definition) is 5. The van der Waals surface area contributed by atoms with E-state index in [9.17, 15) is 0 Å². The van der Waals surface area contributed by atoms with Gasteiger partial charge in [0.05, 0.1) is 11.4 Å². The van der Waals surface area contributed by atoms with Crippen LogP contribution in [0.4, 0.5) is 0 Å². The van der Waals surface area contributed by atoms with Crippen LogP contribution in [0, 0.1) is 0 Å². The van der Waals surface area contributed by atoms with Crippen molar-refractivity contribution in [2.24, 2.45) is 7.05 Å². The topological polar surface area (TPSA) is 80.8 Å². The smallest absolute Gasteiger partial charge is 0.0964 e. The molecular formula is C11H18N6O. The van der Waals surface area contributed by atoms with E-state index in [2.05, 4.69) is 20.7 Å². The highest BCUT2D eigenvalue weighted by atomic mass is 16.3. The van der Waals surface area contributed by atoms with Crippen molar-refractivity contribution in [3.63, 3.8) is 0 Å². The van der Waals surface area contributed by atoms with E-state index in [1.54, 1.807) is 10.9 Å². The minimum absolute atomic E-state index is 0.175. The zero-order valence-electron chi connectivity index (χ0n) is 10.5. The summed E-state index contributed by atoms with van der Waals surface area (Å²) in [4.78, 5) is 0. The first-order valence-electron chi connectivity index (χ1n) is 5.97. The number of aryl methyl sites for hydroxylation is 2. The molecule has 18 heavy (non-hydrogen) atoms. The molecule has 2 rings (SSSR count). The van der Waals surface area contributed by atoms with Crippen molar-refractivity contribution in [2.75, 3.05) is 6.61 Å². The molecule has 0 aliphatic heterocycles. The molecule has 7 nitrogen and oxygen atoms in total. The predicted octanol–water partition coefficient (Wildman–Crippen LogP) is -0.316. The fourth-order valence-electron chi connectivity index (χ4n) is 1.65. The molecule has 2 aromatic heterocycles. The summed E-state index contributed by atoms with van der Waals surface area (Å²) in [5.41, 5.74) is 2.03. The molecule has 0 saturated carbocycles. The van der Waals surface area contributed by atoms with E-state index in [1.807, 2.05) is 24.0 Å². The molecule has 2 N–H and O–H groups in total. The van der Waals surface area contributed by atoms with E-state index in [4.69, 9.17) is 5.11 Å². The minimum Gasteiger partial charge on any atom is -0.396 e. The molecule has 98 valence electrons. The average molecular weight is 250 g/mol. The SMILES string of the molecule is Cn1nccc1CNCc1cn(CCCO)nn1. The van der Waals surface area contributed by atoms with Crippen LogP contribution in [0.25, 0.3) is 0 Å². The second kappa shape index (κ2) is 6.27. The van der Waals surface area contributed by atoms with E-state index in [0.717, 1.165) is 17.9 Å². The fourth-order valence-corrected chi connectivity index (χ4v) is 1.65. The second-order valence-electron chi connectivity index (χ2n) is 4.10. The Morgan fingerprint density at radius 2 is 2.28 bits per heavy atom. The number of rotatable bonds is 7. The van der Waals surface area contributed by atoms with Gasteiger partial charge in [-0.3, -0.25) is 9.36 Å². The van der Waals surface area contributed by atoms with Gasteiger partial charge in [-0.25, -0.2) is 0 Å². The van der Waals surface area contributed by atoms with Crippen LogP contribution in [0.3, 0.4) is 0 Å². The molecule has 0 saturated heterocycles. The lowest BCUT2D eigenvalue weighted by molar-refractivity contribution is 0.276. The van der Waals surface area contributed by atoms with E-state index < -0.39 is 0 Å². The van der Waals surface area contributed by atoms with Gasteiger partial charge in [0.25, 0.3) is 0 Å². The first-order valence-corrected chi connectivity index (χ1v) is 5.97. The fraction of sp³-hybridized carbons (Fsp3) is 0.545. The zero-order chi connectivity index (χ0) is 12.8. The first kappa shape index (κ1) is 12.7. The molecule has 2 aromatic rings. The number of aliphatic hydroxyl groups excluding tert-OH is 1. The molecule has 0 aliphatic carbocycles. The molecule has 7 heteroatoms. The van der Waals surface area contributed by atoms with Gasteiger partial charge in [-0.15, -0.1) is 5.10 Å². The summed E-state index contributed by atoms with van der Waals surface area (Å²) in [5, 5.41) is 24.2. The molecule has 0 atom stereocenters. The predicted molar refractivity (Wildman–Crippen MR) is 65.5 cm³/mol. The van der Waals surface area contributed by atoms with Crippen LogP contribution in [0.5, 0.6) is 0 Å². The van der Waals surface area contributed by atoms with Crippen LogP contribution < -0.4 is 5.32 Å².